The molecule has 0 fully saturated rings. The number of nitrogens with one attached hydrogen (secondary N) is 1. The summed E-state index contributed by atoms with van der Waals surface area (Å²) < 4.78 is 26.9. The Bertz CT molecular complexity index is 811. The van der Waals surface area contributed by atoms with Crippen LogP contribution in [-0.4, -0.2) is 24.5 Å². The molecule has 0 atom stereocenters. The lowest BCUT2D eigenvalue weighted by molar-refractivity contribution is 0.0695. The standard InChI is InChI=1S/C12H8BrClN2O4S/c13-9-4-3-7(6-8(9)12(17)18)21(19,20)16-11-10(14)2-1-5-15-11/h1-6H,(H,15,16)(H,17,18). The number of sulfonamides is 1. The summed E-state index contributed by atoms with van der Waals surface area (Å²) in [5.74, 6) is -1.27. The number of aromatic nitrogens is 1. The predicted molar refractivity (Wildman–Crippen MR) is 81.2 cm³/mol. The molecule has 9 heteroatoms. The SMILES string of the molecule is O=C(O)c1cc(S(=O)(=O)Nc2ncccc2Cl)ccc1Br. The van der Waals surface area contributed by atoms with E-state index < -0.39 is 16.0 Å². The molecule has 0 spiro atoms. The highest BCUT2D eigenvalue weighted by molar-refractivity contribution is 9.10. The second-order valence-corrected chi connectivity index (χ2v) is 6.83. The Hall–Kier alpha value is -1.64. The minimum absolute atomic E-state index is 0.0287. The van der Waals surface area contributed by atoms with Gasteiger partial charge in [0.05, 0.1) is 15.5 Å². The van der Waals surface area contributed by atoms with Gasteiger partial charge in [-0.25, -0.2) is 18.2 Å². The number of hydrogen-bond acceptors (Lipinski definition) is 4. The van der Waals surface area contributed by atoms with E-state index in [-0.39, 0.29) is 25.8 Å². The largest absolute Gasteiger partial charge is 0.478 e. The van der Waals surface area contributed by atoms with E-state index in [0.717, 1.165) is 6.07 Å². The Balaban J connectivity index is 2.43. The van der Waals surface area contributed by atoms with E-state index in [1.165, 1.54) is 24.4 Å². The molecule has 0 aliphatic rings. The summed E-state index contributed by atoms with van der Waals surface area (Å²) in [5, 5.41) is 9.15. The van der Waals surface area contributed by atoms with Crippen LogP contribution in [0.15, 0.2) is 45.9 Å². The molecule has 0 saturated heterocycles. The zero-order valence-electron chi connectivity index (χ0n) is 10.2. The Labute approximate surface area is 134 Å². The molecule has 1 aromatic heterocycles. The minimum Gasteiger partial charge on any atom is -0.478 e. The van der Waals surface area contributed by atoms with Crippen molar-refractivity contribution in [2.24, 2.45) is 0 Å². The van der Waals surface area contributed by atoms with Gasteiger partial charge >= 0.3 is 5.97 Å². The van der Waals surface area contributed by atoms with E-state index in [2.05, 4.69) is 25.6 Å². The molecule has 0 aliphatic heterocycles. The van der Waals surface area contributed by atoms with Crippen LogP contribution >= 0.6 is 27.5 Å². The van der Waals surface area contributed by atoms with Crippen molar-refractivity contribution in [2.45, 2.75) is 4.90 Å². The third-order valence-corrected chi connectivity index (χ3v) is 4.80. The Morgan fingerprint density at radius 2 is 2.05 bits per heavy atom. The smallest absolute Gasteiger partial charge is 0.336 e. The molecule has 2 N–H and O–H groups in total. The molecule has 1 heterocycles. The molecule has 0 saturated carbocycles. The maximum atomic E-state index is 12.2. The number of rotatable bonds is 4. The lowest BCUT2D eigenvalue weighted by Crippen LogP contribution is -2.15. The van der Waals surface area contributed by atoms with Gasteiger partial charge in [-0.15, -0.1) is 0 Å². The molecule has 0 radical (unpaired) electrons. The molecule has 0 unspecified atom stereocenters. The number of nitrogens with zero attached hydrogens (tertiary/aromatic N) is 1. The van der Waals surface area contributed by atoms with Crippen LogP contribution in [-0.2, 0) is 10.0 Å². The van der Waals surface area contributed by atoms with Crippen LogP contribution in [0.3, 0.4) is 0 Å². The summed E-state index contributed by atoms with van der Waals surface area (Å²) in [7, 11) is -3.99. The van der Waals surface area contributed by atoms with Gasteiger partial charge in [0.1, 0.15) is 0 Å². The first kappa shape index (κ1) is 15.7. The zero-order chi connectivity index (χ0) is 15.6. The van der Waals surface area contributed by atoms with Crippen LogP contribution in [0.4, 0.5) is 5.82 Å². The van der Waals surface area contributed by atoms with Gasteiger partial charge in [0.25, 0.3) is 10.0 Å². The van der Waals surface area contributed by atoms with E-state index in [4.69, 9.17) is 16.7 Å². The molecule has 6 nitrogen and oxygen atoms in total. The van der Waals surface area contributed by atoms with Gasteiger partial charge in [-0.1, -0.05) is 11.6 Å². The van der Waals surface area contributed by atoms with Crippen molar-refractivity contribution >= 4 is 49.3 Å². The lowest BCUT2D eigenvalue weighted by atomic mass is 10.2. The third kappa shape index (κ3) is 3.52. The Morgan fingerprint density at radius 3 is 2.67 bits per heavy atom. The van der Waals surface area contributed by atoms with E-state index in [1.807, 2.05) is 0 Å². The van der Waals surface area contributed by atoms with Gasteiger partial charge in [-0.05, 0) is 46.3 Å². The normalized spacial score (nSPS) is 11.1. The molecular formula is C12H8BrClN2O4S. The van der Waals surface area contributed by atoms with E-state index in [0.29, 0.717) is 0 Å². The summed E-state index contributed by atoms with van der Waals surface area (Å²) in [6.45, 7) is 0. The molecule has 1 aromatic carbocycles. The van der Waals surface area contributed by atoms with Crippen molar-refractivity contribution in [2.75, 3.05) is 4.72 Å². The number of carbonyl (C=O) groups is 1. The second kappa shape index (κ2) is 6.00. The number of aromatic carboxylic acids is 1. The van der Waals surface area contributed by atoms with Crippen molar-refractivity contribution in [1.82, 2.24) is 4.98 Å². The van der Waals surface area contributed by atoms with E-state index in [1.54, 1.807) is 6.07 Å². The van der Waals surface area contributed by atoms with Gasteiger partial charge in [0, 0.05) is 10.7 Å². The molecule has 2 aromatic rings. The van der Waals surface area contributed by atoms with E-state index in [9.17, 15) is 13.2 Å². The number of anilines is 1. The number of hydrogen-bond donors (Lipinski definition) is 2. The molecule has 0 amide bonds. The molecule has 0 aliphatic carbocycles. The number of carboxylic acid groups (broad SMARTS) is 1. The molecule has 2 rings (SSSR count). The van der Waals surface area contributed by atoms with E-state index >= 15 is 0 Å². The maximum absolute atomic E-state index is 12.2. The van der Waals surface area contributed by atoms with Crippen molar-refractivity contribution in [1.29, 1.82) is 0 Å². The molecule has 0 bridgehead atoms. The average Bonchev–Trinajstić information content (AvgIpc) is 2.41. The molecular weight excluding hydrogens is 384 g/mol. The van der Waals surface area contributed by atoms with Crippen molar-refractivity contribution < 1.29 is 18.3 Å². The summed E-state index contributed by atoms with van der Waals surface area (Å²) in [5.41, 5.74) is -0.162. The average molecular weight is 392 g/mol. The highest BCUT2D eigenvalue weighted by Gasteiger charge is 2.19. The predicted octanol–water partition coefficient (Wildman–Crippen LogP) is 3.00. The van der Waals surface area contributed by atoms with Crippen molar-refractivity contribution in [3.63, 3.8) is 0 Å². The maximum Gasteiger partial charge on any atom is 0.336 e. The van der Waals surface area contributed by atoms with Gasteiger partial charge in [0.2, 0.25) is 0 Å². The van der Waals surface area contributed by atoms with Crippen molar-refractivity contribution in [3.05, 3.63) is 51.6 Å². The fourth-order valence-corrected chi connectivity index (χ4v) is 3.18. The van der Waals surface area contributed by atoms with Crippen LogP contribution in [0, 0.1) is 0 Å². The number of halogens is 2. The quantitative estimate of drug-likeness (QED) is 0.835. The van der Waals surface area contributed by atoms with Crippen LogP contribution in [0.25, 0.3) is 0 Å². The number of carboxylic acids is 1. The Kier molecular flexibility index (Phi) is 4.50. The van der Waals surface area contributed by atoms with Gasteiger partial charge in [0.15, 0.2) is 5.82 Å². The van der Waals surface area contributed by atoms with Gasteiger partial charge in [-0.2, -0.15) is 0 Å². The number of benzene rings is 1. The lowest BCUT2D eigenvalue weighted by Gasteiger charge is -2.09. The topological polar surface area (TPSA) is 96.4 Å². The zero-order valence-corrected chi connectivity index (χ0v) is 13.4. The van der Waals surface area contributed by atoms with Crippen LogP contribution in [0.2, 0.25) is 5.02 Å². The first-order valence-electron chi connectivity index (χ1n) is 5.47. The van der Waals surface area contributed by atoms with Crippen LogP contribution in [0.5, 0.6) is 0 Å². The summed E-state index contributed by atoms with van der Waals surface area (Å²) in [6, 6.07) is 6.71. The van der Waals surface area contributed by atoms with Crippen LogP contribution in [0.1, 0.15) is 10.4 Å². The van der Waals surface area contributed by atoms with Crippen molar-refractivity contribution in [3.8, 4) is 0 Å². The summed E-state index contributed by atoms with van der Waals surface area (Å²) in [4.78, 5) is 14.6. The monoisotopic (exact) mass is 390 g/mol. The van der Waals surface area contributed by atoms with Crippen LogP contribution < -0.4 is 4.72 Å². The summed E-state index contributed by atoms with van der Waals surface area (Å²) in [6.07, 6.45) is 1.38. The van der Waals surface area contributed by atoms with Gasteiger partial charge < -0.3 is 5.11 Å². The summed E-state index contributed by atoms with van der Waals surface area (Å²) >= 11 is 8.88. The highest BCUT2D eigenvalue weighted by Crippen LogP contribution is 2.24. The Morgan fingerprint density at radius 1 is 1.33 bits per heavy atom. The van der Waals surface area contributed by atoms with Gasteiger partial charge in [-0.3, -0.25) is 4.72 Å². The third-order valence-electron chi connectivity index (χ3n) is 2.47. The molecule has 110 valence electrons. The fourth-order valence-electron chi connectivity index (χ4n) is 1.48. The first-order valence-corrected chi connectivity index (χ1v) is 8.13. The number of pyridine rings is 1. The highest BCUT2D eigenvalue weighted by atomic mass is 79.9. The molecule has 21 heavy (non-hydrogen) atoms. The first-order chi connectivity index (χ1) is 9.81. The minimum atomic E-state index is -3.99. The fraction of sp³-hybridized carbons (Fsp3) is 0. The second-order valence-electron chi connectivity index (χ2n) is 3.89.